The minimum Gasteiger partial charge on any atom is -0.444 e. The largest absolute Gasteiger partial charge is 0.444 e. The molecule has 142 valence electrons. The van der Waals surface area contributed by atoms with Gasteiger partial charge in [-0.15, -0.1) is 0 Å². The molecule has 1 saturated heterocycles. The topological polar surface area (TPSA) is 75.9 Å². The lowest BCUT2D eigenvalue weighted by Crippen LogP contribution is -2.50. The molecule has 0 radical (unpaired) electrons. The second kappa shape index (κ2) is 6.49. The standard InChI is InChI=1S/C20H29N3O3/c1-14(24)23-12-9-20(16-6-5-15(21)13-17(16)23)7-10-22(11-8-20)18(25)26-19(2,3)4/h5-6,13H,7-12,21H2,1-4H3. The summed E-state index contributed by atoms with van der Waals surface area (Å²) in [5, 5.41) is 0. The molecule has 2 heterocycles. The van der Waals surface area contributed by atoms with Crippen molar-refractivity contribution in [1.29, 1.82) is 0 Å². The molecule has 26 heavy (non-hydrogen) atoms. The van der Waals surface area contributed by atoms with Crippen molar-refractivity contribution < 1.29 is 14.3 Å². The number of benzene rings is 1. The number of nitrogens with zero attached hydrogens (tertiary/aromatic N) is 2. The van der Waals surface area contributed by atoms with Gasteiger partial charge >= 0.3 is 6.09 Å². The molecule has 0 unspecified atom stereocenters. The molecule has 2 amide bonds. The Bertz CT molecular complexity index is 716. The third-order valence-electron chi connectivity index (χ3n) is 5.45. The van der Waals surface area contributed by atoms with E-state index in [-0.39, 0.29) is 17.4 Å². The van der Waals surface area contributed by atoms with Crippen LogP contribution in [0.3, 0.4) is 0 Å². The van der Waals surface area contributed by atoms with Crippen LogP contribution in [0.1, 0.15) is 52.5 Å². The minimum atomic E-state index is -0.483. The molecular weight excluding hydrogens is 330 g/mol. The highest BCUT2D eigenvalue weighted by Gasteiger charge is 2.43. The van der Waals surface area contributed by atoms with Crippen LogP contribution in [0, 0.1) is 0 Å². The first-order chi connectivity index (χ1) is 12.1. The minimum absolute atomic E-state index is 0.00645. The Morgan fingerprint density at radius 2 is 1.73 bits per heavy atom. The first-order valence-corrected chi connectivity index (χ1v) is 9.27. The Balaban J connectivity index is 1.81. The lowest BCUT2D eigenvalue weighted by molar-refractivity contribution is -0.116. The van der Waals surface area contributed by atoms with Crippen LogP contribution in [-0.2, 0) is 14.9 Å². The number of fused-ring (bicyclic) bond motifs is 2. The maximum atomic E-state index is 12.4. The number of rotatable bonds is 0. The highest BCUT2D eigenvalue weighted by molar-refractivity contribution is 5.94. The van der Waals surface area contributed by atoms with Gasteiger partial charge in [0, 0.05) is 43.3 Å². The summed E-state index contributed by atoms with van der Waals surface area (Å²) < 4.78 is 5.50. The third-order valence-corrected chi connectivity index (χ3v) is 5.45. The van der Waals surface area contributed by atoms with E-state index in [1.54, 1.807) is 11.8 Å². The number of likely N-dealkylation sites (tertiary alicyclic amines) is 1. The van der Waals surface area contributed by atoms with E-state index in [4.69, 9.17) is 10.5 Å². The molecule has 1 fully saturated rings. The summed E-state index contributed by atoms with van der Waals surface area (Å²) in [5.74, 6) is 0.0397. The first kappa shape index (κ1) is 18.5. The van der Waals surface area contributed by atoms with Gasteiger partial charge in [-0.05, 0) is 57.7 Å². The molecule has 0 atom stereocenters. The van der Waals surface area contributed by atoms with Crippen LogP contribution >= 0.6 is 0 Å². The fraction of sp³-hybridized carbons (Fsp3) is 0.600. The summed E-state index contributed by atoms with van der Waals surface area (Å²) in [6.07, 6.45) is 2.40. The number of carbonyl (C=O) groups is 2. The maximum absolute atomic E-state index is 12.4. The predicted molar refractivity (Wildman–Crippen MR) is 102 cm³/mol. The van der Waals surface area contributed by atoms with Crippen LogP contribution in [0.5, 0.6) is 0 Å². The van der Waals surface area contributed by atoms with Crippen molar-refractivity contribution in [2.24, 2.45) is 0 Å². The first-order valence-electron chi connectivity index (χ1n) is 9.27. The molecule has 6 nitrogen and oxygen atoms in total. The average molecular weight is 359 g/mol. The van der Waals surface area contributed by atoms with Crippen LogP contribution in [0.25, 0.3) is 0 Å². The van der Waals surface area contributed by atoms with Gasteiger partial charge in [-0.3, -0.25) is 4.79 Å². The smallest absolute Gasteiger partial charge is 0.410 e. The lowest BCUT2D eigenvalue weighted by atomic mass is 9.68. The highest BCUT2D eigenvalue weighted by atomic mass is 16.6. The maximum Gasteiger partial charge on any atom is 0.410 e. The lowest BCUT2D eigenvalue weighted by Gasteiger charge is -2.47. The number of carbonyl (C=O) groups excluding carboxylic acids is 2. The fourth-order valence-corrected chi connectivity index (χ4v) is 4.09. The predicted octanol–water partition coefficient (Wildman–Crippen LogP) is 3.29. The number of anilines is 2. The molecule has 2 aliphatic rings. The van der Waals surface area contributed by atoms with Crippen molar-refractivity contribution in [3.63, 3.8) is 0 Å². The van der Waals surface area contributed by atoms with E-state index >= 15 is 0 Å². The summed E-state index contributed by atoms with van der Waals surface area (Å²) in [5.41, 5.74) is 8.25. The van der Waals surface area contributed by atoms with Crippen LogP contribution in [0.2, 0.25) is 0 Å². The molecule has 0 aromatic heterocycles. The van der Waals surface area contributed by atoms with Crippen LogP contribution in [0.4, 0.5) is 16.2 Å². The molecule has 1 aromatic carbocycles. The zero-order chi connectivity index (χ0) is 19.1. The Morgan fingerprint density at radius 3 is 2.31 bits per heavy atom. The molecule has 2 N–H and O–H groups in total. The van der Waals surface area contributed by atoms with Gasteiger partial charge in [-0.25, -0.2) is 4.79 Å². The SMILES string of the molecule is CC(=O)N1CCC2(CCN(C(=O)OC(C)(C)C)CC2)c2ccc(N)cc21. The number of ether oxygens (including phenoxy) is 1. The number of nitrogens with two attached hydrogens (primary N) is 1. The van der Waals surface area contributed by atoms with Crippen molar-refractivity contribution in [2.45, 2.75) is 58.0 Å². The molecule has 1 aromatic rings. The molecule has 2 aliphatic heterocycles. The Hall–Kier alpha value is -2.24. The van der Waals surface area contributed by atoms with Crippen LogP contribution in [-0.4, -0.2) is 42.1 Å². The van der Waals surface area contributed by atoms with Gasteiger partial charge in [-0.2, -0.15) is 0 Å². The Kier molecular flexibility index (Phi) is 4.63. The van der Waals surface area contributed by atoms with Crippen molar-refractivity contribution in [3.05, 3.63) is 23.8 Å². The van der Waals surface area contributed by atoms with E-state index in [0.29, 0.717) is 25.3 Å². The van der Waals surface area contributed by atoms with Gasteiger partial charge in [0.2, 0.25) is 5.91 Å². The van der Waals surface area contributed by atoms with Crippen LogP contribution in [0.15, 0.2) is 18.2 Å². The molecule has 6 heteroatoms. The molecule has 0 aliphatic carbocycles. The summed E-state index contributed by atoms with van der Waals surface area (Å²) in [7, 11) is 0. The molecule has 0 bridgehead atoms. The van der Waals surface area contributed by atoms with E-state index in [1.165, 1.54) is 5.56 Å². The van der Waals surface area contributed by atoms with E-state index in [9.17, 15) is 9.59 Å². The monoisotopic (exact) mass is 359 g/mol. The van der Waals surface area contributed by atoms with E-state index in [2.05, 4.69) is 6.07 Å². The molecule has 1 spiro atoms. The quantitative estimate of drug-likeness (QED) is 0.721. The Morgan fingerprint density at radius 1 is 1.12 bits per heavy atom. The number of hydrogen-bond donors (Lipinski definition) is 1. The Labute approximate surface area is 155 Å². The summed E-state index contributed by atoms with van der Waals surface area (Å²) in [6, 6.07) is 5.87. The second-order valence-electron chi connectivity index (χ2n) is 8.44. The van der Waals surface area contributed by atoms with E-state index in [1.807, 2.05) is 37.8 Å². The molecular formula is C20H29N3O3. The van der Waals surface area contributed by atoms with Gasteiger partial charge in [-0.1, -0.05) is 6.07 Å². The van der Waals surface area contributed by atoms with Crippen molar-refractivity contribution in [3.8, 4) is 0 Å². The molecule has 0 saturated carbocycles. The van der Waals surface area contributed by atoms with Crippen molar-refractivity contribution in [2.75, 3.05) is 30.3 Å². The third kappa shape index (κ3) is 3.50. The van der Waals surface area contributed by atoms with Crippen LogP contribution < -0.4 is 10.6 Å². The number of piperidine rings is 1. The molecule has 3 rings (SSSR count). The summed E-state index contributed by atoms with van der Waals surface area (Å²) in [6.45, 7) is 9.27. The zero-order valence-electron chi connectivity index (χ0n) is 16.2. The van der Waals surface area contributed by atoms with Gasteiger partial charge in [0.1, 0.15) is 5.60 Å². The normalized spacial score (nSPS) is 19.2. The zero-order valence-corrected chi connectivity index (χ0v) is 16.2. The summed E-state index contributed by atoms with van der Waals surface area (Å²) in [4.78, 5) is 28.0. The van der Waals surface area contributed by atoms with Gasteiger partial charge < -0.3 is 20.3 Å². The average Bonchev–Trinajstić information content (AvgIpc) is 2.53. The summed E-state index contributed by atoms with van der Waals surface area (Å²) >= 11 is 0. The van der Waals surface area contributed by atoms with Crippen molar-refractivity contribution >= 4 is 23.4 Å². The second-order valence-corrected chi connectivity index (χ2v) is 8.44. The van der Waals surface area contributed by atoms with E-state index in [0.717, 1.165) is 24.9 Å². The number of hydrogen-bond acceptors (Lipinski definition) is 4. The van der Waals surface area contributed by atoms with Gasteiger partial charge in [0.25, 0.3) is 0 Å². The highest BCUT2D eigenvalue weighted by Crippen LogP contribution is 2.47. The van der Waals surface area contributed by atoms with E-state index < -0.39 is 5.60 Å². The fourth-order valence-electron chi connectivity index (χ4n) is 4.09. The number of amides is 2. The van der Waals surface area contributed by atoms with Gasteiger partial charge in [0.05, 0.1) is 0 Å². The van der Waals surface area contributed by atoms with Crippen molar-refractivity contribution in [1.82, 2.24) is 4.90 Å². The number of nitrogen functional groups attached to an aromatic ring is 1. The van der Waals surface area contributed by atoms with Gasteiger partial charge in [0.15, 0.2) is 0 Å².